The van der Waals surface area contributed by atoms with Crippen LogP contribution >= 0.6 is 0 Å². The molecule has 0 amide bonds. The van der Waals surface area contributed by atoms with E-state index in [2.05, 4.69) is 41.5 Å². The Morgan fingerprint density at radius 3 is 0.625 bits per heavy atom. The van der Waals surface area contributed by atoms with Crippen molar-refractivity contribution in [3.8, 4) is 0 Å². The second-order valence-electron chi connectivity index (χ2n) is 22.3. The molecular weight excluding hydrogens is 895 g/mol. The zero-order chi connectivity index (χ0) is 53.6. The number of hydrogen-bond acceptors (Lipinski definition) is 8. The Morgan fingerprint density at radius 2 is 0.431 bits per heavy atom. The van der Waals surface area contributed by atoms with Crippen LogP contribution in [0.1, 0.15) is 350 Å². The van der Waals surface area contributed by atoms with Crippen LogP contribution < -0.4 is 5.73 Å². The smallest absolute Gasteiger partial charge is 0.182 e. The van der Waals surface area contributed by atoms with Gasteiger partial charge < -0.3 is 10.8 Å². The van der Waals surface area contributed by atoms with Gasteiger partial charge in [0.05, 0.1) is 0 Å². The Labute approximate surface area is 445 Å². The molecule has 3 N–H and O–H groups in total. The Morgan fingerprint density at radius 1 is 0.264 bits per heavy atom. The van der Waals surface area contributed by atoms with Crippen molar-refractivity contribution >= 4 is 34.7 Å². The van der Waals surface area contributed by atoms with Gasteiger partial charge in [0, 0.05) is 45.1 Å². The lowest BCUT2D eigenvalue weighted by Crippen LogP contribution is -2.77. The first kappa shape index (κ1) is 69.9. The number of carbonyl (C=O) groups excluding carboxylic acids is 6. The highest BCUT2D eigenvalue weighted by molar-refractivity contribution is 6.31. The summed E-state index contributed by atoms with van der Waals surface area (Å²) in [5, 5.41) is 14.4. The van der Waals surface area contributed by atoms with Crippen LogP contribution in [0.5, 0.6) is 0 Å². The number of unbranched alkanes of at least 4 members (excludes halogenated alkanes) is 36. The van der Waals surface area contributed by atoms with Crippen LogP contribution in [0.3, 0.4) is 0 Å². The molecule has 8 heteroatoms. The van der Waals surface area contributed by atoms with Gasteiger partial charge in [0.25, 0.3) is 0 Å². The number of carbonyl (C=O) groups is 6. The lowest BCUT2D eigenvalue weighted by molar-refractivity contribution is -0.197. The van der Waals surface area contributed by atoms with Gasteiger partial charge in [0.1, 0.15) is 5.41 Å². The summed E-state index contributed by atoms with van der Waals surface area (Å²) in [5.41, 5.74) is -1.96. The van der Waals surface area contributed by atoms with Gasteiger partial charge in [-0.05, 0) is 38.5 Å². The molecule has 0 aromatic carbocycles. The monoisotopic (exact) mass is 1010 g/mol. The first-order chi connectivity index (χ1) is 34.9. The minimum Gasteiger partial charge on any atom is -0.379 e. The fourth-order valence-electron chi connectivity index (χ4n) is 11.4. The summed E-state index contributed by atoms with van der Waals surface area (Å²) in [6.07, 6.45) is 36.4. The average Bonchev–Trinajstić information content (AvgIpc) is 3.37. The van der Waals surface area contributed by atoms with E-state index in [4.69, 9.17) is 5.73 Å². The SMILES string of the molecule is CCCCCCCCCC(=O)C(CN)(C(=O)CCCCCCCCC)C(O)(C(=O)CCCCCCCCC)C(C(=O)CCCCCCCCC)(C(=O)CCCCCCCCC)C(=O)CCCCCCCCC. The molecule has 1 unspecified atom stereocenters. The molecule has 0 spiro atoms. The quantitative estimate of drug-likeness (QED) is 0.0452. The zero-order valence-corrected chi connectivity index (χ0v) is 48.6. The van der Waals surface area contributed by atoms with Gasteiger partial charge in [-0.15, -0.1) is 0 Å². The normalized spacial score (nSPS) is 12.8. The summed E-state index contributed by atoms with van der Waals surface area (Å²) in [6, 6.07) is 0. The molecule has 0 aliphatic rings. The molecule has 0 saturated carbocycles. The third kappa shape index (κ3) is 25.7. The topological polar surface area (TPSA) is 149 Å². The number of nitrogens with two attached hydrogens (primary N) is 1. The molecular formula is C64H119NO7. The van der Waals surface area contributed by atoms with Crippen LogP contribution in [0.15, 0.2) is 0 Å². The van der Waals surface area contributed by atoms with E-state index in [-0.39, 0.29) is 38.5 Å². The molecule has 72 heavy (non-hydrogen) atoms. The van der Waals surface area contributed by atoms with Gasteiger partial charge in [0.15, 0.2) is 45.7 Å². The summed E-state index contributed by atoms with van der Waals surface area (Å²) in [7, 11) is 0. The van der Waals surface area contributed by atoms with Crippen molar-refractivity contribution < 1.29 is 33.9 Å². The minimum absolute atomic E-state index is 0.138. The van der Waals surface area contributed by atoms with E-state index in [0.29, 0.717) is 77.0 Å². The number of ketones is 6. The van der Waals surface area contributed by atoms with Crippen molar-refractivity contribution in [2.24, 2.45) is 16.6 Å². The van der Waals surface area contributed by atoms with E-state index in [1.807, 2.05) is 0 Å². The number of hydrogen-bond donors (Lipinski definition) is 2. The van der Waals surface area contributed by atoms with E-state index in [9.17, 15) is 5.11 Å². The van der Waals surface area contributed by atoms with Crippen LogP contribution in [0.25, 0.3) is 0 Å². The largest absolute Gasteiger partial charge is 0.379 e. The highest BCUT2D eigenvalue weighted by atomic mass is 16.3. The molecule has 0 bridgehead atoms. The second kappa shape index (κ2) is 46.3. The van der Waals surface area contributed by atoms with E-state index >= 15 is 28.8 Å². The summed E-state index contributed by atoms with van der Waals surface area (Å²) < 4.78 is 0. The highest BCUT2D eigenvalue weighted by Crippen LogP contribution is 2.53. The average molecular weight is 1010 g/mol. The minimum atomic E-state index is -3.26. The molecule has 1 atom stereocenters. The molecule has 0 radical (unpaired) electrons. The zero-order valence-electron chi connectivity index (χ0n) is 48.6. The fourth-order valence-corrected chi connectivity index (χ4v) is 11.4. The molecule has 0 aliphatic carbocycles. The van der Waals surface area contributed by atoms with Crippen molar-refractivity contribution in [1.82, 2.24) is 0 Å². The Bertz CT molecular complexity index is 1290. The predicted octanol–water partition coefficient (Wildman–Crippen LogP) is 17.9. The van der Waals surface area contributed by atoms with Crippen molar-refractivity contribution in [2.75, 3.05) is 6.54 Å². The van der Waals surface area contributed by atoms with E-state index in [1.165, 1.54) is 0 Å². The summed E-state index contributed by atoms with van der Waals surface area (Å²) in [6.45, 7) is 12.3. The summed E-state index contributed by atoms with van der Waals surface area (Å²) >= 11 is 0. The van der Waals surface area contributed by atoms with Crippen molar-refractivity contribution in [3.05, 3.63) is 0 Å². The highest BCUT2D eigenvalue weighted by Gasteiger charge is 2.77. The van der Waals surface area contributed by atoms with Crippen LogP contribution in [-0.2, 0) is 28.8 Å². The van der Waals surface area contributed by atoms with E-state index in [0.717, 1.165) is 193 Å². The molecule has 422 valence electrons. The lowest BCUT2D eigenvalue weighted by Gasteiger charge is -2.52. The Kier molecular flexibility index (Phi) is 44.9. The van der Waals surface area contributed by atoms with Gasteiger partial charge in [-0.2, -0.15) is 0 Å². The maximum Gasteiger partial charge on any atom is 0.182 e. The van der Waals surface area contributed by atoms with Crippen molar-refractivity contribution in [1.29, 1.82) is 0 Å². The number of Topliss-reactive ketones (excluding diaryl/α,β-unsaturated/α-hetero) is 6. The molecule has 0 aromatic heterocycles. The molecule has 0 fully saturated rings. The van der Waals surface area contributed by atoms with Gasteiger partial charge in [0.2, 0.25) is 0 Å². The van der Waals surface area contributed by atoms with E-state index in [1.54, 1.807) is 0 Å². The number of aliphatic hydroxyl groups is 1. The van der Waals surface area contributed by atoms with Gasteiger partial charge in [-0.25, -0.2) is 0 Å². The molecule has 0 saturated heterocycles. The standard InChI is InChI=1S/C64H119NO7/c1-7-13-19-25-31-37-43-49-56(66)62(55-65,57(67)50-44-38-32-26-20-14-8-2)64(72,61(71)54-48-42-36-30-24-18-12-6)63(58(68)51-45-39-33-27-21-15-9-3,59(69)52-46-40-34-28-22-16-10-4)60(70)53-47-41-35-29-23-17-11-5/h72H,7-55,65H2,1-6H3. The number of rotatable bonds is 57. The van der Waals surface area contributed by atoms with Crippen LogP contribution in [0.2, 0.25) is 0 Å². The van der Waals surface area contributed by atoms with E-state index < -0.39 is 57.7 Å². The van der Waals surface area contributed by atoms with Crippen molar-refractivity contribution in [2.45, 2.75) is 355 Å². The maximum absolute atomic E-state index is 15.9. The lowest BCUT2D eigenvalue weighted by atomic mass is 9.47. The molecule has 0 rings (SSSR count). The maximum atomic E-state index is 15.9. The molecule has 8 nitrogen and oxygen atoms in total. The molecule has 0 heterocycles. The summed E-state index contributed by atoms with van der Waals surface area (Å²) in [4.78, 5) is 94.8. The van der Waals surface area contributed by atoms with Crippen molar-refractivity contribution in [3.63, 3.8) is 0 Å². The van der Waals surface area contributed by atoms with Gasteiger partial charge >= 0.3 is 0 Å². The van der Waals surface area contributed by atoms with Crippen LogP contribution in [-0.4, -0.2) is 52.0 Å². The molecule has 0 aliphatic heterocycles. The summed E-state index contributed by atoms with van der Waals surface area (Å²) in [5.74, 6) is -4.67. The van der Waals surface area contributed by atoms with Crippen LogP contribution in [0.4, 0.5) is 0 Å². The third-order valence-corrected chi connectivity index (χ3v) is 16.1. The van der Waals surface area contributed by atoms with Gasteiger partial charge in [-0.1, -0.05) is 273 Å². The Hall–Kier alpha value is -2.06. The molecule has 0 aromatic rings. The van der Waals surface area contributed by atoms with Crippen LogP contribution in [0, 0.1) is 10.8 Å². The van der Waals surface area contributed by atoms with Gasteiger partial charge in [-0.3, -0.25) is 28.8 Å². The second-order valence-corrected chi connectivity index (χ2v) is 22.3. The first-order valence-electron chi connectivity index (χ1n) is 31.6. The Balaban J connectivity index is 8.22. The first-order valence-corrected chi connectivity index (χ1v) is 31.6. The third-order valence-electron chi connectivity index (χ3n) is 16.1. The predicted molar refractivity (Wildman–Crippen MR) is 305 cm³/mol. The fraction of sp³-hybridized carbons (Fsp3) is 0.906.